The molecule has 14 heavy (non-hydrogen) atoms. The van der Waals surface area contributed by atoms with Gasteiger partial charge in [0.05, 0.1) is 14.5 Å². The Balaban J connectivity index is 3.63. The second kappa shape index (κ2) is 8.99. The van der Waals surface area contributed by atoms with Crippen molar-refractivity contribution < 1.29 is 14.3 Å². The summed E-state index contributed by atoms with van der Waals surface area (Å²) in [7, 11) is 6.26. The third-order valence-electron chi connectivity index (χ3n) is 2.10. The van der Waals surface area contributed by atoms with Gasteiger partial charge >= 0.3 is 0 Å². The van der Waals surface area contributed by atoms with Gasteiger partial charge in [0.2, 0.25) is 0 Å². The first-order valence-corrected chi connectivity index (χ1v) is 7.14. The van der Waals surface area contributed by atoms with Crippen LogP contribution in [-0.2, 0) is 14.3 Å². The first-order chi connectivity index (χ1) is 6.68. The van der Waals surface area contributed by atoms with Crippen LogP contribution >= 0.6 is 20.6 Å². The average Bonchev–Trinajstić information content (AvgIpc) is 2.22. The summed E-state index contributed by atoms with van der Waals surface area (Å²) in [6.45, 7) is 4.84. The molecule has 1 unspecified atom stereocenters. The van der Waals surface area contributed by atoms with Crippen molar-refractivity contribution in [1.82, 2.24) is 0 Å². The predicted octanol–water partition coefficient (Wildman–Crippen LogP) is 2.37. The highest BCUT2D eigenvalue weighted by atomic mass is 32.2. The van der Waals surface area contributed by atoms with Gasteiger partial charge in [0, 0.05) is 18.3 Å². The van der Waals surface area contributed by atoms with Gasteiger partial charge < -0.3 is 0 Å². The minimum absolute atomic E-state index is 0.138. The van der Waals surface area contributed by atoms with Gasteiger partial charge in [0.25, 0.3) is 0 Å². The predicted molar refractivity (Wildman–Crippen MR) is 63.8 cm³/mol. The minimum atomic E-state index is 0.138. The Hall–Kier alpha value is 0.725. The van der Waals surface area contributed by atoms with Crippen molar-refractivity contribution in [3.63, 3.8) is 0 Å². The van der Waals surface area contributed by atoms with Crippen molar-refractivity contribution in [2.75, 3.05) is 25.1 Å². The van der Waals surface area contributed by atoms with Gasteiger partial charge in [-0.25, -0.2) is 4.89 Å². The Labute approximate surface area is 93.9 Å². The molecule has 2 atom stereocenters. The number of rotatable bonds is 9. The van der Waals surface area contributed by atoms with Crippen molar-refractivity contribution >= 4 is 28.5 Å². The summed E-state index contributed by atoms with van der Waals surface area (Å²) in [6, 6.07) is 0.748. The summed E-state index contributed by atoms with van der Waals surface area (Å²) >= 11 is 1.11. The quantitative estimate of drug-likeness (QED) is 0.153. The summed E-state index contributed by atoms with van der Waals surface area (Å²) < 4.78 is 4.55. The molecule has 0 heterocycles. The largest absolute Gasteiger partial charge is 0.205 e. The summed E-state index contributed by atoms with van der Waals surface area (Å²) in [4.78, 5) is 4.95. The Morgan fingerprint density at radius 2 is 2.21 bits per heavy atom. The molecule has 0 fully saturated rings. The zero-order valence-electron chi connectivity index (χ0n) is 9.04. The van der Waals surface area contributed by atoms with Crippen LogP contribution in [-0.4, -0.2) is 32.9 Å². The third kappa shape index (κ3) is 7.07. The lowest BCUT2D eigenvalue weighted by molar-refractivity contribution is -0.466. The van der Waals surface area contributed by atoms with E-state index in [9.17, 15) is 0 Å². The van der Waals surface area contributed by atoms with E-state index in [0.717, 1.165) is 39.3 Å². The fraction of sp³-hybridized carbons (Fsp3) is 1.00. The van der Waals surface area contributed by atoms with Gasteiger partial charge in [-0.1, -0.05) is 24.9 Å². The van der Waals surface area contributed by atoms with E-state index < -0.39 is 0 Å². The molecule has 6 heteroatoms. The van der Waals surface area contributed by atoms with Gasteiger partial charge in [0.1, 0.15) is 0 Å². The van der Waals surface area contributed by atoms with Gasteiger partial charge in [-0.2, -0.15) is 0 Å². The standard InChI is InChI=1S/C8H18BO3PS/c1-4-8(2,6-13-7-9)5-10-11-12-14-3/h13H,4-7H2,1-3H3/t8-/m1/s1. The van der Waals surface area contributed by atoms with Crippen LogP contribution in [0, 0.1) is 5.41 Å². The van der Waals surface area contributed by atoms with Gasteiger partial charge in [-0.05, 0) is 18.0 Å². The van der Waals surface area contributed by atoms with Crippen LogP contribution in [0.25, 0.3) is 0 Å². The van der Waals surface area contributed by atoms with E-state index in [-0.39, 0.29) is 5.41 Å². The van der Waals surface area contributed by atoms with Gasteiger partial charge in [-0.15, -0.1) is 12.9 Å². The fourth-order valence-electron chi connectivity index (χ4n) is 0.866. The van der Waals surface area contributed by atoms with Crippen molar-refractivity contribution in [2.24, 2.45) is 5.41 Å². The maximum absolute atomic E-state index is 5.48. The monoisotopic (exact) mass is 236 g/mol. The van der Waals surface area contributed by atoms with Crippen LogP contribution in [0.2, 0.25) is 0 Å². The van der Waals surface area contributed by atoms with Gasteiger partial charge in [0.15, 0.2) is 0 Å². The molecular formula is C8H18BO3PS. The lowest BCUT2D eigenvalue weighted by Crippen LogP contribution is -2.25. The first-order valence-electron chi connectivity index (χ1n) is 4.58. The highest BCUT2D eigenvalue weighted by Crippen LogP contribution is 2.29. The SMILES string of the molecule is [B]CPC[C@](C)(CC)COOOSC. The Kier molecular flexibility index (Phi) is 9.45. The molecule has 0 aliphatic carbocycles. The van der Waals surface area contributed by atoms with Crippen LogP contribution in [0.4, 0.5) is 0 Å². The topological polar surface area (TPSA) is 27.7 Å². The molecule has 0 rings (SSSR count). The second-order valence-corrected chi connectivity index (χ2v) is 5.09. The van der Waals surface area contributed by atoms with Crippen LogP contribution in [0.1, 0.15) is 20.3 Å². The van der Waals surface area contributed by atoms with Crippen LogP contribution in [0.5, 0.6) is 0 Å². The molecule has 0 aliphatic rings. The fourth-order valence-corrected chi connectivity index (χ4v) is 2.06. The van der Waals surface area contributed by atoms with Crippen molar-refractivity contribution in [3.05, 3.63) is 0 Å². The van der Waals surface area contributed by atoms with Crippen molar-refractivity contribution in [2.45, 2.75) is 20.3 Å². The zero-order chi connectivity index (χ0) is 10.9. The molecule has 0 spiro atoms. The molecule has 0 aromatic heterocycles. The summed E-state index contributed by atoms with van der Waals surface area (Å²) in [5.74, 6) is 0. The lowest BCUT2D eigenvalue weighted by Gasteiger charge is -2.26. The minimum Gasteiger partial charge on any atom is -0.205 e. The van der Waals surface area contributed by atoms with E-state index in [0.29, 0.717) is 6.61 Å². The first kappa shape index (κ1) is 14.7. The zero-order valence-corrected chi connectivity index (χ0v) is 10.9. The van der Waals surface area contributed by atoms with E-state index in [2.05, 4.69) is 23.2 Å². The van der Waals surface area contributed by atoms with Crippen LogP contribution in [0.15, 0.2) is 0 Å². The Bertz CT molecular complexity index is 142. The van der Waals surface area contributed by atoms with E-state index in [1.54, 1.807) is 6.26 Å². The van der Waals surface area contributed by atoms with Crippen molar-refractivity contribution in [1.29, 1.82) is 0 Å². The molecule has 0 aromatic rings. The molecular weight excluding hydrogens is 218 g/mol. The van der Waals surface area contributed by atoms with Crippen molar-refractivity contribution in [3.8, 4) is 0 Å². The molecule has 0 N–H and O–H groups in total. The normalized spacial score (nSPS) is 16.2. The van der Waals surface area contributed by atoms with E-state index in [1.807, 2.05) is 0 Å². The molecule has 3 nitrogen and oxygen atoms in total. The molecule has 0 aliphatic heterocycles. The number of hydrogen-bond donors (Lipinski definition) is 0. The molecule has 0 saturated heterocycles. The summed E-state index contributed by atoms with van der Waals surface area (Å²) in [5, 5.41) is 4.50. The highest BCUT2D eigenvalue weighted by Gasteiger charge is 2.22. The molecule has 2 radical (unpaired) electrons. The highest BCUT2D eigenvalue weighted by molar-refractivity contribution is 7.93. The molecule has 0 aromatic carbocycles. The molecule has 0 amide bonds. The lowest BCUT2D eigenvalue weighted by atomic mass is 9.91. The second-order valence-electron chi connectivity index (χ2n) is 3.36. The summed E-state index contributed by atoms with van der Waals surface area (Å²) in [5.41, 5.74) is 0.138. The van der Waals surface area contributed by atoms with Gasteiger partial charge in [-0.3, -0.25) is 0 Å². The Morgan fingerprint density at radius 1 is 1.50 bits per heavy atom. The van der Waals surface area contributed by atoms with E-state index >= 15 is 0 Å². The van der Waals surface area contributed by atoms with E-state index in [1.165, 1.54) is 0 Å². The smallest absolute Gasteiger partial charge is 0.0911 e. The molecule has 0 saturated carbocycles. The summed E-state index contributed by atoms with van der Waals surface area (Å²) in [6.07, 6.45) is 3.88. The third-order valence-corrected chi connectivity index (χ3v) is 3.68. The maximum Gasteiger partial charge on any atom is 0.0911 e. The van der Waals surface area contributed by atoms with Crippen LogP contribution in [0.3, 0.4) is 0 Å². The molecule has 82 valence electrons. The number of hydrogen-bond acceptors (Lipinski definition) is 4. The maximum atomic E-state index is 5.48. The Morgan fingerprint density at radius 3 is 2.71 bits per heavy atom. The van der Waals surface area contributed by atoms with E-state index in [4.69, 9.17) is 12.7 Å². The van der Waals surface area contributed by atoms with Crippen LogP contribution < -0.4 is 0 Å². The average molecular weight is 236 g/mol. The molecule has 0 bridgehead atoms.